The summed E-state index contributed by atoms with van der Waals surface area (Å²) in [7, 11) is 0. The average Bonchev–Trinajstić information content (AvgIpc) is 2.53. The molecular weight excluding hydrogens is 201 g/mol. The smallest absolute Gasteiger partial charge is 0.257 e. The van der Waals surface area contributed by atoms with Gasteiger partial charge in [-0.2, -0.15) is 11.3 Å². The Morgan fingerprint density at radius 2 is 2.29 bits per heavy atom. The van der Waals surface area contributed by atoms with Crippen LogP contribution in [0.25, 0.3) is 0 Å². The van der Waals surface area contributed by atoms with E-state index in [1.807, 2.05) is 23.8 Å². The molecule has 0 aromatic carbocycles. The van der Waals surface area contributed by atoms with Crippen molar-refractivity contribution in [2.75, 3.05) is 0 Å². The van der Waals surface area contributed by atoms with Crippen LogP contribution in [0.2, 0.25) is 0 Å². The number of hydrogen-bond acceptors (Lipinski definition) is 2. The summed E-state index contributed by atoms with van der Waals surface area (Å²) in [5.74, 6) is -0.573. The van der Waals surface area contributed by atoms with Crippen LogP contribution in [-0.4, -0.2) is 11.6 Å². The third-order valence-electron chi connectivity index (χ3n) is 1.93. The molecule has 14 heavy (non-hydrogen) atoms. The maximum absolute atomic E-state index is 13.2. The summed E-state index contributed by atoms with van der Waals surface area (Å²) in [4.78, 5) is 11.3. The molecule has 0 bridgehead atoms. The van der Waals surface area contributed by atoms with Crippen molar-refractivity contribution in [2.45, 2.75) is 32.5 Å². The number of alkyl halides is 1. The number of thiophene rings is 1. The van der Waals surface area contributed by atoms with Crippen LogP contribution in [0.5, 0.6) is 0 Å². The molecule has 2 nitrogen and oxygen atoms in total. The molecular formula is C10H14FNOS. The molecule has 1 amide bonds. The van der Waals surface area contributed by atoms with Gasteiger partial charge in [0.1, 0.15) is 0 Å². The zero-order valence-corrected chi connectivity index (χ0v) is 9.32. The molecule has 0 radical (unpaired) electrons. The Morgan fingerprint density at radius 3 is 2.71 bits per heavy atom. The molecule has 1 heterocycles. The van der Waals surface area contributed by atoms with Crippen molar-refractivity contribution >= 4 is 17.2 Å². The molecule has 0 aliphatic heterocycles. The fraction of sp³-hybridized carbons (Fsp3) is 0.500. The van der Waals surface area contributed by atoms with Gasteiger partial charge in [-0.25, -0.2) is 4.39 Å². The molecule has 0 aliphatic carbocycles. The van der Waals surface area contributed by atoms with E-state index >= 15 is 0 Å². The molecule has 78 valence electrons. The first-order valence-corrected chi connectivity index (χ1v) is 5.37. The maximum Gasteiger partial charge on any atom is 0.257 e. The first-order chi connectivity index (χ1) is 6.41. The van der Waals surface area contributed by atoms with E-state index in [0.717, 1.165) is 5.56 Å². The third-order valence-corrected chi connectivity index (χ3v) is 2.63. The van der Waals surface area contributed by atoms with Gasteiger partial charge in [0.15, 0.2) is 5.67 Å². The van der Waals surface area contributed by atoms with Gasteiger partial charge in [-0.1, -0.05) is 0 Å². The molecule has 0 saturated carbocycles. The Bertz CT molecular complexity index is 302. The summed E-state index contributed by atoms with van der Waals surface area (Å²) >= 11 is 1.56. The second-order valence-electron chi connectivity index (χ2n) is 3.72. The summed E-state index contributed by atoms with van der Waals surface area (Å²) < 4.78 is 13.2. The minimum Gasteiger partial charge on any atom is -0.347 e. The van der Waals surface area contributed by atoms with Crippen molar-refractivity contribution in [1.82, 2.24) is 5.32 Å². The third kappa shape index (κ3) is 2.80. The number of halogens is 1. The van der Waals surface area contributed by atoms with Gasteiger partial charge in [0.2, 0.25) is 0 Å². The molecule has 0 aliphatic rings. The van der Waals surface area contributed by atoms with Crippen LogP contribution >= 0.6 is 11.3 Å². The Hall–Kier alpha value is -0.900. The van der Waals surface area contributed by atoms with Crippen molar-refractivity contribution < 1.29 is 9.18 Å². The summed E-state index contributed by atoms with van der Waals surface area (Å²) in [5.41, 5.74) is -0.808. The van der Waals surface area contributed by atoms with E-state index in [1.165, 1.54) is 13.8 Å². The van der Waals surface area contributed by atoms with Gasteiger partial charge in [-0.05, 0) is 43.2 Å². The number of carbonyl (C=O) groups is 1. The zero-order chi connectivity index (χ0) is 10.8. The Balaban J connectivity index is 2.58. The van der Waals surface area contributed by atoms with Crippen LogP contribution in [-0.2, 0) is 4.79 Å². The van der Waals surface area contributed by atoms with E-state index in [1.54, 1.807) is 11.3 Å². The molecule has 1 atom stereocenters. The number of rotatable bonds is 3. The number of amides is 1. The highest BCUT2D eigenvalue weighted by Gasteiger charge is 2.27. The van der Waals surface area contributed by atoms with Gasteiger partial charge in [-0.3, -0.25) is 4.79 Å². The second-order valence-corrected chi connectivity index (χ2v) is 4.50. The SMILES string of the molecule is CC(NC(=O)C(C)(C)F)c1ccsc1. The molecule has 4 heteroatoms. The van der Waals surface area contributed by atoms with Gasteiger partial charge in [0.25, 0.3) is 5.91 Å². The molecule has 1 aromatic heterocycles. The maximum atomic E-state index is 13.2. The molecule has 0 saturated heterocycles. The predicted octanol–water partition coefficient (Wildman–Crippen LogP) is 2.67. The quantitative estimate of drug-likeness (QED) is 0.825. The largest absolute Gasteiger partial charge is 0.347 e. The van der Waals surface area contributed by atoms with E-state index < -0.39 is 11.6 Å². The van der Waals surface area contributed by atoms with E-state index in [0.29, 0.717) is 0 Å². The lowest BCUT2D eigenvalue weighted by Gasteiger charge is -2.18. The highest BCUT2D eigenvalue weighted by molar-refractivity contribution is 7.07. The zero-order valence-electron chi connectivity index (χ0n) is 8.50. The molecule has 1 rings (SSSR count). The number of nitrogens with one attached hydrogen (secondary N) is 1. The summed E-state index contributed by atoms with van der Waals surface area (Å²) in [6.45, 7) is 4.34. The molecule has 1 aromatic rings. The second kappa shape index (κ2) is 4.09. The van der Waals surface area contributed by atoms with Crippen LogP contribution in [0, 0.1) is 0 Å². The van der Waals surface area contributed by atoms with E-state index in [9.17, 15) is 9.18 Å². The minimum atomic E-state index is -1.82. The van der Waals surface area contributed by atoms with E-state index in [4.69, 9.17) is 0 Å². The summed E-state index contributed by atoms with van der Waals surface area (Å²) in [5, 5.41) is 6.48. The van der Waals surface area contributed by atoms with Gasteiger partial charge >= 0.3 is 0 Å². The first kappa shape index (κ1) is 11.2. The van der Waals surface area contributed by atoms with Gasteiger partial charge in [-0.15, -0.1) is 0 Å². The average molecular weight is 215 g/mol. The monoisotopic (exact) mass is 215 g/mol. The highest BCUT2D eigenvalue weighted by atomic mass is 32.1. The van der Waals surface area contributed by atoms with E-state index in [2.05, 4.69) is 5.32 Å². The molecule has 1 unspecified atom stereocenters. The lowest BCUT2D eigenvalue weighted by molar-refractivity contribution is -0.131. The van der Waals surface area contributed by atoms with Gasteiger partial charge < -0.3 is 5.32 Å². The molecule has 0 spiro atoms. The van der Waals surface area contributed by atoms with Crippen molar-refractivity contribution in [1.29, 1.82) is 0 Å². The summed E-state index contributed by atoms with van der Waals surface area (Å²) in [6, 6.07) is 1.78. The first-order valence-electron chi connectivity index (χ1n) is 4.43. The van der Waals surface area contributed by atoms with Gasteiger partial charge in [0.05, 0.1) is 6.04 Å². The molecule has 1 N–H and O–H groups in total. The Kier molecular flexibility index (Phi) is 3.26. The molecule has 0 fully saturated rings. The van der Waals surface area contributed by atoms with Crippen LogP contribution in [0.3, 0.4) is 0 Å². The van der Waals surface area contributed by atoms with E-state index in [-0.39, 0.29) is 6.04 Å². The van der Waals surface area contributed by atoms with Crippen LogP contribution < -0.4 is 5.32 Å². The lowest BCUT2D eigenvalue weighted by atomic mass is 10.1. The van der Waals surface area contributed by atoms with Crippen molar-refractivity contribution in [3.8, 4) is 0 Å². The Labute approximate surface area is 87.1 Å². The fourth-order valence-electron chi connectivity index (χ4n) is 0.973. The van der Waals surface area contributed by atoms with Crippen molar-refractivity contribution in [3.05, 3.63) is 22.4 Å². The minimum absolute atomic E-state index is 0.135. The van der Waals surface area contributed by atoms with Crippen LogP contribution in [0.1, 0.15) is 32.4 Å². The normalized spacial score (nSPS) is 13.7. The highest BCUT2D eigenvalue weighted by Crippen LogP contribution is 2.17. The van der Waals surface area contributed by atoms with Crippen molar-refractivity contribution in [3.63, 3.8) is 0 Å². The van der Waals surface area contributed by atoms with Crippen LogP contribution in [0.15, 0.2) is 16.8 Å². The predicted molar refractivity (Wildman–Crippen MR) is 56.1 cm³/mol. The Morgan fingerprint density at radius 1 is 1.64 bits per heavy atom. The standard InChI is InChI=1S/C10H14FNOS/c1-7(8-4-5-14-6-8)12-9(13)10(2,3)11/h4-7H,1-3H3,(H,12,13). The van der Waals surface area contributed by atoms with Crippen molar-refractivity contribution in [2.24, 2.45) is 0 Å². The van der Waals surface area contributed by atoms with Crippen LogP contribution in [0.4, 0.5) is 4.39 Å². The topological polar surface area (TPSA) is 29.1 Å². The number of carbonyl (C=O) groups excluding carboxylic acids is 1. The lowest BCUT2D eigenvalue weighted by Crippen LogP contribution is -2.39. The summed E-state index contributed by atoms with van der Waals surface area (Å²) in [6.07, 6.45) is 0. The number of hydrogen-bond donors (Lipinski definition) is 1. The van der Waals surface area contributed by atoms with Gasteiger partial charge in [0, 0.05) is 0 Å². The fourth-order valence-corrected chi connectivity index (χ4v) is 1.73.